The van der Waals surface area contributed by atoms with E-state index < -0.39 is 16.6 Å². The van der Waals surface area contributed by atoms with Crippen LogP contribution in [0.3, 0.4) is 0 Å². The molecule has 0 bridgehead atoms. The summed E-state index contributed by atoms with van der Waals surface area (Å²) in [4.78, 5) is 12.8. The van der Waals surface area contributed by atoms with Crippen LogP contribution in [0.4, 0.5) is 0 Å². The zero-order chi connectivity index (χ0) is 34.7. The van der Waals surface area contributed by atoms with Crippen molar-refractivity contribution in [3.05, 3.63) is 23.8 Å². The standard InChI is InChI=1S/C39H72O5Si2/c1-15-22-39(16-2,17-3)27-41-34-25-31(43-45(11,12)37(5,6)7)23-29-19-18-28(4)33(36(29)34)21-20-30-24-32(26-35(40)42-30)44-46(13,14)38(8,9)10/h18-19,23,28,30-34,36H,15-17,20-22,24-27H2,1-14H3/t28-,30-,31-,32-,33+,34+,36+/m1/s1. The van der Waals surface area contributed by atoms with Gasteiger partial charge in [-0.15, -0.1) is 0 Å². The second-order valence-electron chi connectivity index (χ2n) is 18.2. The van der Waals surface area contributed by atoms with Crippen LogP contribution in [0.1, 0.15) is 127 Å². The van der Waals surface area contributed by atoms with E-state index in [1.54, 1.807) is 0 Å². The molecule has 3 aliphatic rings. The molecule has 0 radical (unpaired) electrons. The number of fused-ring (bicyclic) bond motifs is 1. The van der Waals surface area contributed by atoms with Crippen molar-refractivity contribution in [1.29, 1.82) is 0 Å². The minimum absolute atomic E-state index is 0.0416. The van der Waals surface area contributed by atoms with Crippen LogP contribution in [-0.4, -0.2) is 53.6 Å². The Labute approximate surface area is 286 Å². The molecule has 3 rings (SSSR count). The first-order chi connectivity index (χ1) is 21.2. The van der Waals surface area contributed by atoms with Crippen LogP contribution in [-0.2, 0) is 23.1 Å². The van der Waals surface area contributed by atoms with E-state index in [0.717, 1.165) is 45.1 Å². The van der Waals surface area contributed by atoms with E-state index in [4.69, 9.17) is 18.3 Å². The van der Waals surface area contributed by atoms with Gasteiger partial charge < -0.3 is 18.3 Å². The maximum Gasteiger partial charge on any atom is 0.308 e. The molecule has 0 amide bonds. The second kappa shape index (κ2) is 15.4. The maximum atomic E-state index is 12.8. The van der Waals surface area contributed by atoms with Crippen LogP contribution in [0.5, 0.6) is 0 Å². The van der Waals surface area contributed by atoms with Gasteiger partial charge in [0.2, 0.25) is 0 Å². The van der Waals surface area contributed by atoms with Crippen molar-refractivity contribution in [2.24, 2.45) is 23.2 Å². The van der Waals surface area contributed by atoms with Gasteiger partial charge in [0, 0.05) is 18.8 Å². The van der Waals surface area contributed by atoms with E-state index in [0.29, 0.717) is 24.2 Å². The molecular weight excluding hydrogens is 605 g/mol. The molecule has 266 valence electrons. The van der Waals surface area contributed by atoms with Gasteiger partial charge in [0.05, 0.1) is 31.3 Å². The van der Waals surface area contributed by atoms with Gasteiger partial charge >= 0.3 is 5.97 Å². The van der Waals surface area contributed by atoms with Crippen LogP contribution in [0.2, 0.25) is 36.3 Å². The lowest BCUT2D eigenvalue weighted by atomic mass is 9.66. The van der Waals surface area contributed by atoms with Crippen molar-refractivity contribution in [3.63, 3.8) is 0 Å². The Balaban J connectivity index is 1.85. The number of carbonyl (C=O) groups is 1. The molecule has 0 aromatic carbocycles. The highest BCUT2D eigenvalue weighted by Gasteiger charge is 2.46. The smallest absolute Gasteiger partial charge is 0.308 e. The van der Waals surface area contributed by atoms with Crippen LogP contribution in [0.15, 0.2) is 23.8 Å². The van der Waals surface area contributed by atoms with E-state index in [-0.39, 0.29) is 45.9 Å². The number of esters is 1. The minimum atomic E-state index is -1.97. The molecule has 0 N–H and O–H groups in total. The quantitative estimate of drug-likeness (QED) is 0.135. The summed E-state index contributed by atoms with van der Waals surface area (Å²) in [7, 11) is -3.93. The Bertz CT molecular complexity index is 1060. The van der Waals surface area contributed by atoms with Crippen molar-refractivity contribution in [2.45, 2.75) is 188 Å². The summed E-state index contributed by atoms with van der Waals surface area (Å²) in [6.45, 7) is 33.2. The number of rotatable bonds is 14. The van der Waals surface area contributed by atoms with Crippen molar-refractivity contribution in [1.82, 2.24) is 0 Å². The summed E-state index contributed by atoms with van der Waals surface area (Å²) in [5, 5.41) is 0.269. The SMILES string of the molecule is CCCC(CC)(CC)CO[C@H]1C[C@H](O[Si](C)(C)C(C)(C)C)C=C2C=C[C@@H](C)[C@H](CC[C@@H]3C[C@@H](O[Si](C)(C)C(C)(C)C)CC(=O)O3)[C@H]21. The average molecular weight is 677 g/mol. The predicted molar refractivity (Wildman–Crippen MR) is 198 cm³/mol. The lowest BCUT2D eigenvalue weighted by Gasteiger charge is -2.47. The number of allylic oxidation sites excluding steroid dienone is 2. The first-order valence-corrected chi connectivity index (χ1v) is 24.6. The summed E-state index contributed by atoms with van der Waals surface area (Å²) in [6, 6.07) is 0. The Morgan fingerprint density at radius 3 is 2.07 bits per heavy atom. The molecule has 7 atom stereocenters. The Hall–Kier alpha value is -0.736. The average Bonchev–Trinajstić information content (AvgIpc) is 2.93. The molecule has 0 aromatic rings. The molecular formula is C39H72O5Si2. The fraction of sp³-hybridized carbons (Fsp3) is 0.872. The highest BCUT2D eigenvalue weighted by molar-refractivity contribution is 6.74. The van der Waals surface area contributed by atoms with Gasteiger partial charge in [-0.2, -0.15) is 0 Å². The highest BCUT2D eigenvalue weighted by atomic mass is 28.4. The predicted octanol–water partition coefficient (Wildman–Crippen LogP) is 11.0. The second-order valence-corrected chi connectivity index (χ2v) is 27.7. The van der Waals surface area contributed by atoms with Crippen LogP contribution < -0.4 is 0 Å². The van der Waals surface area contributed by atoms with E-state index >= 15 is 0 Å². The van der Waals surface area contributed by atoms with Crippen molar-refractivity contribution in [2.75, 3.05) is 6.61 Å². The van der Waals surface area contributed by atoms with Crippen molar-refractivity contribution >= 4 is 22.6 Å². The maximum absolute atomic E-state index is 12.8. The third kappa shape index (κ3) is 9.70. The normalized spacial score (nSPS) is 29.7. The van der Waals surface area contributed by atoms with E-state index in [9.17, 15) is 4.79 Å². The largest absolute Gasteiger partial charge is 0.462 e. The monoisotopic (exact) mass is 676 g/mol. The molecule has 5 nitrogen and oxygen atoms in total. The Morgan fingerprint density at radius 2 is 1.50 bits per heavy atom. The summed E-state index contributed by atoms with van der Waals surface area (Å²) in [5.41, 5.74) is 1.62. The van der Waals surface area contributed by atoms with Gasteiger partial charge in [0.25, 0.3) is 0 Å². The minimum Gasteiger partial charge on any atom is -0.462 e. The van der Waals surface area contributed by atoms with Crippen LogP contribution in [0.25, 0.3) is 0 Å². The molecule has 0 spiro atoms. The summed E-state index contributed by atoms with van der Waals surface area (Å²) in [5.74, 6) is 1.08. The zero-order valence-electron chi connectivity index (χ0n) is 32.4. The van der Waals surface area contributed by atoms with Gasteiger partial charge in [-0.05, 0) is 91.2 Å². The molecule has 2 aliphatic carbocycles. The van der Waals surface area contributed by atoms with Gasteiger partial charge in [-0.25, -0.2) is 0 Å². The molecule has 1 fully saturated rings. The van der Waals surface area contributed by atoms with Gasteiger partial charge in [0.1, 0.15) is 6.10 Å². The molecule has 46 heavy (non-hydrogen) atoms. The molecule has 7 heteroatoms. The third-order valence-corrected chi connectivity index (χ3v) is 21.8. The van der Waals surface area contributed by atoms with Gasteiger partial charge in [-0.3, -0.25) is 4.79 Å². The molecule has 1 heterocycles. The number of hydrogen-bond acceptors (Lipinski definition) is 5. The number of carbonyl (C=O) groups excluding carboxylic acids is 1. The van der Waals surface area contributed by atoms with Crippen molar-refractivity contribution in [3.8, 4) is 0 Å². The van der Waals surface area contributed by atoms with Crippen LogP contribution in [0, 0.1) is 23.2 Å². The summed E-state index contributed by atoms with van der Waals surface area (Å²) >= 11 is 0. The lowest BCUT2D eigenvalue weighted by molar-refractivity contribution is -0.160. The molecule has 0 aromatic heterocycles. The zero-order valence-corrected chi connectivity index (χ0v) is 34.4. The molecule has 0 saturated carbocycles. The van der Waals surface area contributed by atoms with E-state index in [1.807, 2.05) is 0 Å². The van der Waals surface area contributed by atoms with E-state index in [2.05, 4.69) is 114 Å². The fourth-order valence-electron chi connectivity index (χ4n) is 7.43. The topological polar surface area (TPSA) is 54.0 Å². The van der Waals surface area contributed by atoms with E-state index in [1.165, 1.54) is 18.4 Å². The van der Waals surface area contributed by atoms with Gasteiger partial charge in [-0.1, -0.05) is 93.9 Å². The summed E-state index contributed by atoms with van der Waals surface area (Å²) < 4.78 is 26.9. The Morgan fingerprint density at radius 1 is 0.891 bits per heavy atom. The lowest BCUT2D eigenvalue weighted by Crippen LogP contribution is -2.48. The first kappa shape index (κ1) is 39.7. The number of hydrogen-bond donors (Lipinski definition) is 0. The first-order valence-electron chi connectivity index (χ1n) is 18.7. The van der Waals surface area contributed by atoms with Crippen molar-refractivity contribution < 1.29 is 23.1 Å². The molecule has 1 aliphatic heterocycles. The third-order valence-electron chi connectivity index (χ3n) is 12.8. The number of cyclic esters (lactones) is 1. The number of ether oxygens (including phenoxy) is 2. The summed E-state index contributed by atoms with van der Waals surface area (Å²) in [6.07, 6.45) is 15.9. The molecule has 0 unspecified atom stereocenters. The molecule has 1 saturated heterocycles. The van der Waals surface area contributed by atoms with Gasteiger partial charge in [0.15, 0.2) is 16.6 Å². The fourth-order valence-corrected chi connectivity index (χ4v) is 10.1. The highest BCUT2D eigenvalue weighted by Crippen LogP contribution is 2.47. The van der Waals surface area contributed by atoms with Crippen LogP contribution >= 0.6 is 0 Å². The Kier molecular flexibility index (Phi) is 13.3.